The van der Waals surface area contributed by atoms with Crippen molar-refractivity contribution in [2.75, 3.05) is 26.5 Å². The van der Waals surface area contributed by atoms with Crippen LogP contribution in [0.5, 0.6) is 0 Å². The molecule has 0 aliphatic rings. The van der Waals surface area contributed by atoms with E-state index in [0.29, 0.717) is 10.4 Å². The number of thiophene rings is 1. The van der Waals surface area contributed by atoms with Gasteiger partial charge >= 0.3 is 5.97 Å². The zero-order valence-electron chi connectivity index (χ0n) is 11.8. The summed E-state index contributed by atoms with van der Waals surface area (Å²) < 4.78 is 4.68. The number of hydrogen-bond acceptors (Lipinski definition) is 5. The van der Waals surface area contributed by atoms with Gasteiger partial charge in [-0.25, -0.2) is 4.79 Å². The van der Waals surface area contributed by atoms with Crippen molar-refractivity contribution in [1.82, 2.24) is 4.90 Å². The molecule has 1 aromatic heterocycles. The molecule has 0 aliphatic heterocycles. The molecule has 1 rings (SSSR count). The van der Waals surface area contributed by atoms with Crippen molar-refractivity contribution in [2.24, 2.45) is 0 Å². The quantitative estimate of drug-likeness (QED) is 0.666. The maximum atomic E-state index is 12.1. The van der Waals surface area contributed by atoms with Crippen LogP contribution >= 0.6 is 34.5 Å². The number of hydrogen-bond donors (Lipinski definition) is 1. The summed E-state index contributed by atoms with van der Waals surface area (Å²) in [5, 5.41) is 2.61. The molecule has 0 atom stereocenters. The Morgan fingerprint density at radius 3 is 2.29 bits per heavy atom. The molecule has 0 saturated carbocycles. The van der Waals surface area contributed by atoms with Gasteiger partial charge in [-0.15, -0.1) is 11.3 Å². The van der Waals surface area contributed by atoms with Crippen molar-refractivity contribution in [1.29, 1.82) is 0 Å². The zero-order valence-corrected chi connectivity index (χ0v) is 14.2. The third kappa shape index (κ3) is 3.87. The minimum Gasteiger partial charge on any atom is -0.465 e. The number of amides is 2. The fourth-order valence-corrected chi connectivity index (χ4v) is 2.85. The summed E-state index contributed by atoms with van der Waals surface area (Å²) in [6.45, 7) is 1.61. The highest BCUT2D eigenvalue weighted by atomic mass is 35.5. The van der Waals surface area contributed by atoms with Crippen molar-refractivity contribution < 1.29 is 19.1 Å². The predicted molar refractivity (Wildman–Crippen MR) is 82.5 cm³/mol. The number of halogens is 2. The number of carbonyl (C=O) groups is 3. The van der Waals surface area contributed by atoms with Gasteiger partial charge in [0.05, 0.1) is 17.6 Å². The molecular formula is C12H14Cl2N2O4S. The van der Waals surface area contributed by atoms with Crippen molar-refractivity contribution >= 4 is 57.3 Å². The first-order valence-electron chi connectivity index (χ1n) is 5.73. The molecule has 1 heterocycles. The third-order valence-electron chi connectivity index (χ3n) is 2.57. The van der Waals surface area contributed by atoms with Crippen LogP contribution in [0.3, 0.4) is 0 Å². The van der Waals surface area contributed by atoms with E-state index in [0.717, 1.165) is 11.3 Å². The first-order valence-corrected chi connectivity index (χ1v) is 7.42. The van der Waals surface area contributed by atoms with E-state index in [2.05, 4.69) is 10.1 Å². The van der Waals surface area contributed by atoms with E-state index in [1.165, 1.54) is 12.0 Å². The molecule has 116 valence electrons. The Hall–Kier alpha value is -1.31. The smallest absolute Gasteiger partial charge is 0.341 e. The molecule has 6 nitrogen and oxygen atoms in total. The Morgan fingerprint density at radius 2 is 1.86 bits per heavy atom. The fraction of sp³-hybridized carbons (Fsp3) is 0.417. The van der Waals surface area contributed by atoms with E-state index in [1.54, 1.807) is 21.0 Å². The molecule has 0 spiro atoms. The molecule has 21 heavy (non-hydrogen) atoms. The van der Waals surface area contributed by atoms with Gasteiger partial charge in [-0.05, 0) is 12.5 Å². The number of rotatable bonds is 4. The average molecular weight is 353 g/mol. The molecular weight excluding hydrogens is 339 g/mol. The Morgan fingerprint density at radius 1 is 1.29 bits per heavy atom. The number of alkyl halides is 2. The zero-order chi connectivity index (χ0) is 16.3. The summed E-state index contributed by atoms with van der Waals surface area (Å²) in [5.74, 6) is -1.62. The normalized spacial score (nSPS) is 10.4. The van der Waals surface area contributed by atoms with Gasteiger partial charge in [-0.1, -0.05) is 23.2 Å². The van der Waals surface area contributed by atoms with E-state index in [9.17, 15) is 14.4 Å². The molecule has 1 N–H and O–H groups in total. The number of methoxy groups -OCH3 is 1. The number of carbonyl (C=O) groups excluding carboxylic acids is 3. The number of nitrogens with one attached hydrogen (secondary N) is 1. The largest absolute Gasteiger partial charge is 0.465 e. The lowest BCUT2D eigenvalue weighted by molar-refractivity contribution is -0.114. The van der Waals surface area contributed by atoms with E-state index < -0.39 is 16.7 Å². The highest BCUT2D eigenvalue weighted by Gasteiger charge is 2.27. The van der Waals surface area contributed by atoms with Gasteiger partial charge in [-0.2, -0.15) is 0 Å². The fourth-order valence-electron chi connectivity index (χ4n) is 1.52. The lowest BCUT2D eigenvalue weighted by Crippen LogP contribution is -2.21. The van der Waals surface area contributed by atoms with Crippen LogP contribution in [0.1, 0.15) is 25.6 Å². The SMILES string of the molecule is COC(=O)c1c(NC(=O)C(Cl)Cl)sc(C(=O)N(C)C)c1C. The van der Waals surface area contributed by atoms with Gasteiger partial charge in [0.1, 0.15) is 5.00 Å². The molecule has 2 amide bonds. The van der Waals surface area contributed by atoms with Crippen LogP contribution in [0, 0.1) is 6.92 Å². The maximum Gasteiger partial charge on any atom is 0.341 e. The summed E-state index contributed by atoms with van der Waals surface area (Å²) >= 11 is 11.9. The van der Waals surface area contributed by atoms with Crippen molar-refractivity contribution in [3.05, 3.63) is 16.0 Å². The number of esters is 1. The standard InChI is InChI=1S/C12H14Cl2N2O4S/c1-5-6(12(19)20-4)10(15-9(17)8(13)14)21-7(5)11(18)16(2)3/h8H,1-4H3,(H,15,17). The monoisotopic (exact) mass is 352 g/mol. The Balaban J connectivity index is 3.34. The molecule has 0 aliphatic carbocycles. The number of nitrogens with zero attached hydrogens (tertiary/aromatic N) is 1. The first-order chi connectivity index (χ1) is 9.70. The minimum absolute atomic E-state index is 0.120. The lowest BCUT2D eigenvalue weighted by atomic mass is 10.1. The van der Waals surface area contributed by atoms with Crippen molar-refractivity contribution in [2.45, 2.75) is 11.8 Å². The van der Waals surface area contributed by atoms with Gasteiger partial charge in [0, 0.05) is 14.1 Å². The summed E-state index contributed by atoms with van der Waals surface area (Å²) in [4.78, 5) is 35.9. The van der Waals surface area contributed by atoms with Gasteiger partial charge in [-0.3, -0.25) is 9.59 Å². The van der Waals surface area contributed by atoms with Crippen LogP contribution in [0.2, 0.25) is 0 Å². The summed E-state index contributed by atoms with van der Waals surface area (Å²) in [6, 6.07) is 0. The number of anilines is 1. The Kier molecular flexibility index (Phi) is 6.00. The third-order valence-corrected chi connectivity index (χ3v) is 4.16. The molecule has 9 heteroatoms. The van der Waals surface area contributed by atoms with Crippen LogP contribution in [0.4, 0.5) is 5.00 Å². The summed E-state index contributed by atoms with van der Waals surface area (Å²) in [6.07, 6.45) is 0. The highest BCUT2D eigenvalue weighted by Crippen LogP contribution is 2.34. The first kappa shape index (κ1) is 17.7. The molecule has 0 unspecified atom stereocenters. The second-order valence-corrected chi connectivity index (χ2v) is 6.36. The van der Waals surface area contributed by atoms with Crippen LogP contribution in [-0.4, -0.2) is 48.7 Å². The van der Waals surface area contributed by atoms with Crippen molar-refractivity contribution in [3.63, 3.8) is 0 Å². The predicted octanol–water partition coefficient (Wildman–Crippen LogP) is 2.29. The molecule has 0 saturated heterocycles. The molecule has 0 aromatic carbocycles. The second kappa shape index (κ2) is 7.11. The van der Waals surface area contributed by atoms with Gasteiger partial charge in [0.15, 0.2) is 4.84 Å². The van der Waals surface area contributed by atoms with Crippen LogP contribution < -0.4 is 5.32 Å². The van der Waals surface area contributed by atoms with E-state index >= 15 is 0 Å². The molecule has 0 radical (unpaired) electrons. The van der Waals surface area contributed by atoms with Gasteiger partial charge in [0.2, 0.25) is 0 Å². The average Bonchev–Trinajstić information content (AvgIpc) is 2.73. The van der Waals surface area contributed by atoms with Crippen LogP contribution in [0.15, 0.2) is 0 Å². The number of ether oxygens (including phenoxy) is 1. The Bertz CT molecular complexity index is 584. The molecule has 1 aromatic rings. The summed E-state index contributed by atoms with van der Waals surface area (Å²) in [7, 11) is 4.39. The topological polar surface area (TPSA) is 75.7 Å². The van der Waals surface area contributed by atoms with Gasteiger partial charge < -0.3 is 15.0 Å². The van der Waals surface area contributed by atoms with E-state index in [4.69, 9.17) is 23.2 Å². The van der Waals surface area contributed by atoms with Gasteiger partial charge in [0.25, 0.3) is 11.8 Å². The van der Waals surface area contributed by atoms with E-state index in [-0.39, 0.29) is 16.5 Å². The van der Waals surface area contributed by atoms with Crippen LogP contribution in [-0.2, 0) is 9.53 Å². The minimum atomic E-state index is -1.29. The maximum absolute atomic E-state index is 12.1. The second-order valence-electron chi connectivity index (χ2n) is 4.24. The Labute approximate surface area is 136 Å². The molecule has 0 bridgehead atoms. The van der Waals surface area contributed by atoms with Crippen LogP contribution in [0.25, 0.3) is 0 Å². The summed E-state index contributed by atoms with van der Waals surface area (Å²) in [5.41, 5.74) is 0.552. The van der Waals surface area contributed by atoms with Crippen molar-refractivity contribution in [3.8, 4) is 0 Å². The molecule has 0 fully saturated rings. The lowest BCUT2D eigenvalue weighted by Gasteiger charge is -2.08. The van der Waals surface area contributed by atoms with E-state index in [1.807, 2.05) is 0 Å². The highest BCUT2D eigenvalue weighted by molar-refractivity contribution is 7.18.